The summed E-state index contributed by atoms with van der Waals surface area (Å²) < 4.78 is 5.31. The second-order valence-electron chi connectivity index (χ2n) is 4.76. The number of anilines is 2. The van der Waals surface area contributed by atoms with E-state index in [1.165, 1.54) is 6.33 Å². The van der Waals surface area contributed by atoms with Crippen LogP contribution < -0.4 is 15.4 Å². The zero-order valence-corrected chi connectivity index (χ0v) is 11.3. The van der Waals surface area contributed by atoms with Gasteiger partial charge in [-0.2, -0.15) is 0 Å². The molecule has 18 heavy (non-hydrogen) atoms. The average molecular weight is 251 g/mol. The molecule has 0 radical (unpaired) electrons. The zero-order chi connectivity index (χ0) is 13.1. The Kier molecular flexibility index (Phi) is 3.86. The fourth-order valence-corrected chi connectivity index (χ4v) is 2.38. The highest BCUT2D eigenvalue weighted by Gasteiger charge is 2.24. The largest absolute Gasteiger partial charge is 0.490 e. The van der Waals surface area contributed by atoms with Gasteiger partial charge in [-0.15, -0.1) is 0 Å². The molecule has 0 aliphatic carbocycles. The monoisotopic (exact) mass is 251 g/mol. The summed E-state index contributed by atoms with van der Waals surface area (Å²) in [5, 5.41) is 0. The number of nitrogen functional groups attached to an aromatic ring is 1. The van der Waals surface area contributed by atoms with Crippen LogP contribution in [-0.2, 0) is 0 Å². The van der Waals surface area contributed by atoms with E-state index in [0.717, 1.165) is 31.7 Å². The van der Waals surface area contributed by atoms with E-state index in [0.29, 0.717) is 17.6 Å². The second-order valence-corrected chi connectivity index (χ2v) is 4.76. The van der Waals surface area contributed by atoms with Crippen LogP contribution in [0.15, 0.2) is 6.33 Å². The first-order chi connectivity index (χ1) is 8.63. The van der Waals surface area contributed by atoms with Gasteiger partial charge in [-0.1, -0.05) is 0 Å². The number of hydrogen-bond acceptors (Lipinski definition) is 6. The van der Waals surface area contributed by atoms with Gasteiger partial charge < -0.3 is 20.3 Å². The van der Waals surface area contributed by atoms with Crippen LogP contribution >= 0.6 is 0 Å². The maximum absolute atomic E-state index is 5.81. The Morgan fingerprint density at radius 1 is 1.39 bits per heavy atom. The maximum atomic E-state index is 5.81. The third-order valence-corrected chi connectivity index (χ3v) is 3.59. The molecule has 0 aromatic carbocycles. The van der Waals surface area contributed by atoms with Gasteiger partial charge in [0.05, 0.1) is 7.11 Å². The Labute approximate surface area is 108 Å². The second kappa shape index (κ2) is 5.39. The molecule has 2 heterocycles. The highest BCUT2D eigenvalue weighted by molar-refractivity contribution is 5.62. The Morgan fingerprint density at radius 2 is 2.06 bits per heavy atom. The Morgan fingerprint density at radius 3 is 2.67 bits per heavy atom. The van der Waals surface area contributed by atoms with Gasteiger partial charge in [-0.05, 0) is 33.0 Å². The topological polar surface area (TPSA) is 67.5 Å². The number of aromatic nitrogens is 2. The van der Waals surface area contributed by atoms with Crippen molar-refractivity contribution in [3.63, 3.8) is 0 Å². The third kappa shape index (κ3) is 2.48. The molecule has 100 valence electrons. The van der Waals surface area contributed by atoms with Gasteiger partial charge in [-0.3, -0.25) is 0 Å². The van der Waals surface area contributed by atoms with Gasteiger partial charge in [0, 0.05) is 13.1 Å². The van der Waals surface area contributed by atoms with Gasteiger partial charge in [0.25, 0.3) is 0 Å². The molecule has 1 fully saturated rings. The molecule has 1 aliphatic heterocycles. The third-order valence-electron chi connectivity index (χ3n) is 3.59. The quantitative estimate of drug-likeness (QED) is 0.848. The molecular weight excluding hydrogens is 230 g/mol. The van der Waals surface area contributed by atoms with Crippen LogP contribution in [0, 0.1) is 0 Å². The van der Waals surface area contributed by atoms with Crippen LogP contribution in [-0.4, -0.2) is 55.2 Å². The number of rotatable bonds is 3. The van der Waals surface area contributed by atoms with Crippen molar-refractivity contribution in [1.82, 2.24) is 14.9 Å². The first-order valence-corrected chi connectivity index (χ1v) is 6.19. The highest BCUT2D eigenvalue weighted by Crippen LogP contribution is 2.31. The number of nitrogens with two attached hydrogens (primary N) is 1. The molecule has 6 nitrogen and oxygen atoms in total. The van der Waals surface area contributed by atoms with E-state index in [4.69, 9.17) is 10.5 Å². The molecule has 0 amide bonds. The van der Waals surface area contributed by atoms with Gasteiger partial charge in [0.15, 0.2) is 11.6 Å². The van der Waals surface area contributed by atoms with Crippen molar-refractivity contribution in [1.29, 1.82) is 0 Å². The Bertz CT molecular complexity index is 403. The fourth-order valence-electron chi connectivity index (χ4n) is 2.38. The summed E-state index contributed by atoms with van der Waals surface area (Å²) in [5.74, 6) is 1.74. The molecule has 1 aromatic heterocycles. The number of methoxy groups -OCH3 is 1. The molecule has 0 unspecified atom stereocenters. The van der Waals surface area contributed by atoms with Crippen molar-refractivity contribution in [2.45, 2.75) is 18.9 Å². The summed E-state index contributed by atoms with van der Waals surface area (Å²) in [7, 11) is 5.79. The van der Waals surface area contributed by atoms with E-state index < -0.39 is 0 Å². The van der Waals surface area contributed by atoms with E-state index in [1.807, 2.05) is 7.05 Å². The van der Waals surface area contributed by atoms with E-state index in [1.54, 1.807) is 7.11 Å². The van der Waals surface area contributed by atoms with Gasteiger partial charge in [0.2, 0.25) is 5.75 Å². The molecule has 2 rings (SSSR count). The summed E-state index contributed by atoms with van der Waals surface area (Å²) >= 11 is 0. The lowest BCUT2D eigenvalue weighted by Crippen LogP contribution is -2.42. The van der Waals surface area contributed by atoms with Crippen molar-refractivity contribution in [3.05, 3.63) is 6.33 Å². The fraction of sp³-hybridized carbons (Fsp3) is 0.667. The minimum Gasteiger partial charge on any atom is -0.490 e. The molecule has 2 N–H and O–H groups in total. The van der Waals surface area contributed by atoms with Crippen molar-refractivity contribution in [2.75, 3.05) is 44.9 Å². The lowest BCUT2D eigenvalue weighted by Gasteiger charge is -2.36. The molecular formula is C12H21N5O. The van der Waals surface area contributed by atoms with Crippen LogP contribution in [0.2, 0.25) is 0 Å². The van der Waals surface area contributed by atoms with E-state index >= 15 is 0 Å². The van der Waals surface area contributed by atoms with Crippen LogP contribution in [0.3, 0.4) is 0 Å². The summed E-state index contributed by atoms with van der Waals surface area (Å²) in [6.07, 6.45) is 3.73. The molecule has 0 atom stereocenters. The van der Waals surface area contributed by atoms with Gasteiger partial charge >= 0.3 is 0 Å². The first kappa shape index (κ1) is 12.9. The van der Waals surface area contributed by atoms with Gasteiger partial charge in [0.1, 0.15) is 6.33 Å². The molecule has 0 saturated carbocycles. The molecule has 6 heteroatoms. The normalized spacial score (nSPS) is 17.7. The lowest BCUT2D eigenvalue weighted by atomic mass is 10.0. The lowest BCUT2D eigenvalue weighted by molar-refractivity contribution is 0.252. The van der Waals surface area contributed by atoms with Crippen molar-refractivity contribution < 1.29 is 4.74 Å². The molecule has 1 aliphatic rings. The highest BCUT2D eigenvalue weighted by atomic mass is 16.5. The van der Waals surface area contributed by atoms with Crippen LogP contribution in [0.25, 0.3) is 0 Å². The minimum absolute atomic E-state index is 0.391. The number of hydrogen-bond donors (Lipinski definition) is 1. The van der Waals surface area contributed by atoms with E-state index in [9.17, 15) is 0 Å². The summed E-state index contributed by atoms with van der Waals surface area (Å²) in [6, 6.07) is 0.476. The Balaban J connectivity index is 2.18. The number of nitrogens with zero attached hydrogens (tertiary/aromatic N) is 4. The predicted molar refractivity (Wildman–Crippen MR) is 71.9 cm³/mol. The van der Waals surface area contributed by atoms with Crippen molar-refractivity contribution in [2.24, 2.45) is 0 Å². The number of piperidine rings is 1. The number of likely N-dealkylation sites (tertiary alicyclic amines) is 1. The van der Waals surface area contributed by atoms with Crippen LogP contribution in [0.4, 0.5) is 11.6 Å². The van der Waals surface area contributed by atoms with Crippen LogP contribution in [0.5, 0.6) is 5.75 Å². The van der Waals surface area contributed by atoms with Crippen molar-refractivity contribution >= 4 is 11.6 Å². The molecule has 0 bridgehead atoms. The SMILES string of the molecule is COc1c(N)ncnc1N(C)C1CCN(C)CC1. The number of ether oxygens (including phenoxy) is 1. The van der Waals surface area contributed by atoms with E-state index in [2.05, 4.69) is 26.8 Å². The summed E-state index contributed by atoms with van der Waals surface area (Å²) in [6.45, 7) is 2.22. The standard InChI is InChI=1S/C12H21N5O/c1-16-6-4-9(5-7-16)17(2)12-10(18-3)11(13)14-8-15-12/h8-9H,4-7H2,1-3H3,(H2,13,14,15). The average Bonchev–Trinajstić information content (AvgIpc) is 2.38. The predicted octanol–water partition coefficient (Wildman–Crippen LogP) is 0.598. The minimum atomic E-state index is 0.391. The summed E-state index contributed by atoms with van der Waals surface area (Å²) in [5.41, 5.74) is 5.81. The molecule has 1 saturated heterocycles. The smallest absolute Gasteiger partial charge is 0.204 e. The van der Waals surface area contributed by atoms with E-state index in [-0.39, 0.29) is 0 Å². The Hall–Kier alpha value is -1.56. The maximum Gasteiger partial charge on any atom is 0.204 e. The zero-order valence-electron chi connectivity index (χ0n) is 11.3. The van der Waals surface area contributed by atoms with Crippen molar-refractivity contribution in [3.8, 4) is 5.75 Å². The van der Waals surface area contributed by atoms with Gasteiger partial charge in [-0.25, -0.2) is 9.97 Å². The molecule has 0 spiro atoms. The molecule has 1 aromatic rings. The first-order valence-electron chi connectivity index (χ1n) is 6.19. The van der Waals surface area contributed by atoms with Crippen LogP contribution in [0.1, 0.15) is 12.8 Å². The summed E-state index contributed by atoms with van der Waals surface area (Å²) in [4.78, 5) is 12.8.